The number of nitrogens with zero attached hydrogens (tertiary/aromatic N) is 2. The molecule has 0 radical (unpaired) electrons. The first-order valence-corrected chi connectivity index (χ1v) is 8.55. The predicted octanol–water partition coefficient (Wildman–Crippen LogP) is 1.82. The zero-order chi connectivity index (χ0) is 14.8. The summed E-state index contributed by atoms with van der Waals surface area (Å²) in [4.78, 5) is 17.1. The van der Waals surface area contributed by atoms with Crippen molar-refractivity contribution < 1.29 is 9.53 Å². The van der Waals surface area contributed by atoms with Gasteiger partial charge in [-0.15, -0.1) is 0 Å². The lowest BCUT2D eigenvalue weighted by Gasteiger charge is -2.47. The highest BCUT2D eigenvalue weighted by Gasteiger charge is 2.37. The average molecular weight is 295 g/mol. The van der Waals surface area contributed by atoms with E-state index in [0.29, 0.717) is 31.3 Å². The maximum Gasteiger partial charge on any atom is 0.318 e. The number of carbonyl (C=O) groups excluding carboxylic acids is 1. The number of fused-ring (bicyclic) bond motifs is 2. The molecular formula is C16H29N3O2. The van der Waals surface area contributed by atoms with Crippen molar-refractivity contribution in [3.8, 4) is 0 Å². The van der Waals surface area contributed by atoms with Crippen molar-refractivity contribution in [1.82, 2.24) is 15.1 Å². The van der Waals surface area contributed by atoms with Crippen molar-refractivity contribution in [3.05, 3.63) is 0 Å². The van der Waals surface area contributed by atoms with Crippen molar-refractivity contribution >= 4 is 6.03 Å². The van der Waals surface area contributed by atoms with Crippen LogP contribution in [0.5, 0.6) is 0 Å². The number of ether oxygens (including phenoxy) is 1. The number of urea groups is 1. The van der Waals surface area contributed by atoms with Crippen LogP contribution in [0.3, 0.4) is 0 Å². The summed E-state index contributed by atoms with van der Waals surface area (Å²) in [6, 6.07) is 2.04. The van der Waals surface area contributed by atoms with Crippen LogP contribution >= 0.6 is 0 Å². The first-order chi connectivity index (χ1) is 10.2. The molecule has 5 heteroatoms. The second-order valence-corrected chi connectivity index (χ2v) is 6.85. The van der Waals surface area contributed by atoms with Gasteiger partial charge in [-0.25, -0.2) is 4.79 Å². The summed E-state index contributed by atoms with van der Waals surface area (Å²) in [7, 11) is 2.25. The second kappa shape index (κ2) is 6.53. The molecule has 3 atom stereocenters. The molecular weight excluding hydrogens is 266 g/mol. The van der Waals surface area contributed by atoms with Gasteiger partial charge in [0.2, 0.25) is 0 Å². The van der Waals surface area contributed by atoms with Crippen molar-refractivity contribution in [3.63, 3.8) is 0 Å². The molecule has 0 saturated carbocycles. The first kappa shape index (κ1) is 15.1. The number of hydrogen-bond acceptors (Lipinski definition) is 3. The highest BCUT2D eigenvalue weighted by atomic mass is 16.5. The molecule has 0 aromatic rings. The van der Waals surface area contributed by atoms with Gasteiger partial charge in [-0.1, -0.05) is 13.3 Å². The maximum absolute atomic E-state index is 12.6. The number of rotatable bonds is 2. The lowest BCUT2D eigenvalue weighted by Crippen LogP contribution is -2.59. The minimum Gasteiger partial charge on any atom is -0.377 e. The minimum absolute atomic E-state index is 0.123. The van der Waals surface area contributed by atoms with Gasteiger partial charge >= 0.3 is 6.03 Å². The summed E-state index contributed by atoms with van der Waals surface area (Å²) >= 11 is 0. The van der Waals surface area contributed by atoms with Crippen LogP contribution in [-0.4, -0.2) is 66.8 Å². The molecule has 2 amide bonds. The molecule has 21 heavy (non-hydrogen) atoms. The van der Waals surface area contributed by atoms with Crippen LogP contribution in [0.4, 0.5) is 4.79 Å². The molecule has 5 nitrogen and oxygen atoms in total. The third-order valence-electron chi connectivity index (χ3n) is 5.63. The molecule has 0 spiro atoms. The van der Waals surface area contributed by atoms with Gasteiger partial charge in [0.1, 0.15) is 0 Å². The van der Waals surface area contributed by atoms with Gasteiger partial charge in [-0.05, 0) is 39.2 Å². The average Bonchev–Trinajstić information content (AvgIpc) is 2.48. The SMILES string of the molecule is CCC1COCCN1C(=O)NC1CC2CCCC(C1)N2C. The Kier molecular flexibility index (Phi) is 4.69. The Labute approximate surface area is 128 Å². The molecule has 0 aliphatic carbocycles. The molecule has 0 aromatic heterocycles. The largest absolute Gasteiger partial charge is 0.377 e. The van der Waals surface area contributed by atoms with E-state index in [4.69, 9.17) is 4.74 Å². The Morgan fingerprint density at radius 3 is 2.67 bits per heavy atom. The molecule has 3 aliphatic heterocycles. The Morgan fingerprint density at radius 2 is 2.00 bits per heavy atom. The number of piperidine rings is 2. The number of nitrogens with one attached hydrogen (secondary N) is 1. The number of amides is 2. The number of carbonyl (C=O) groups is 1. The minimum atomic E-state index is 0.123. The molecule has 3 unspecified atom stereocenters. The van der Waals surface area contributed by atoms with E-state index in [1.54, 1.807) is 0 Å². The second-order valence-electron chi connectivity index (χ2n) is 6.85. The van der Waals surface area contributed by atoms with Gasteiger partial charge in [-0.2, -0.15) is 0 Å². The van der Waals surface area contributed by atoms with Gasteiger partial charge in [0.05, 0.1) is 19.3 Å². The van der Waals surface area contributed by atoms with Crippen LogP contribution in [0.25, 0.3) is 0 Å². The summed E-state index contributed by atoms with van der Waals surface area (Å²) < 4.78 is 5.49. The fourth-order valence-corrected chi connectivity index (χ4v) is 4.25. The van der Waals surface area contributed by atoms with Crippen LogP contribution in [0.2, 0.25) is 0 Å². The van der Waals surface area contributed by atoms with Crippen LogP contribution in [0.1, 0.15) is 45.4 Å². The van der Waals surface area contributed by atoms with E-state index < -0.39 is 0 Å². The van der Waals surface area contributed by atoms with E-state index in [2.05, 4.69) is 24.2 Å². The predicted molar refractivity (Wildman–Crippen MR) is 82.3 cm³/mol. The zero-order valence-corrected chi connectivity index (χ0v) is 13.4. The Hall–Kier alpha value is -0.810. The van der Waals surface area contributed by atoms with E-state index in [1.165, 1.54) is 19.3 Å². The Balaban J connectivity index is 1.57. The molecule has 3 fully saturated rings. The number of morpholine rings is 1. The van der Waals surface area contributed by atoms with E-state index in [9.17, 15) is 4.79 Å². The highest BCUT2D eigenvalue weighted by molar-refractivity contribution is 5.75. The standard InChI is InChI=1S/C16H29N3O2/c1-3-13-11-21-8-7-19(13)16(20)17-12-9-14-5-4-6-15(10-12)18(14)2/h12-15H,3-11H2,1-2H3,(H,17,20). The fourth-order valence-electron chi connectivity index (χ4n) is 4.25. The molecule has 2 bridgehead atoms. The van der Waals surface area contributed by atoms with Crippen LogP contribution in [-0.2, 0) is 4.74 Å². The molecule has 0 aromatic carbocycles. The quantitative estimate of drug-likeness (QED) is 0.845. The monoisotopic (exact) mass is 295 g/mol. The van der Waals surface area contributed by atoms with Crippen LogP contribution in [0.15, 0.2) is 0 Å². The van der Waals surface area contributed by atoms with Crippen molar-refractivity contribution in [1.29, 1.82) is 0 Å². The smallest absolute Gasteiger partial charge is 0.318 e. The molecule has 3 saturated heterocycles. The Morgan fingerprint density at radius 1 is 1.29 bits per heavy atom. The van der Waals surface area contributed by atoms with Crippen LogP contribution < -0.4 is 5.32 Å². The molecule has 120 valence electrons. The Bertz CT molecular complexity index is 363. The molecule has 3 rings (SSSR count). The van der Waals surface area contributed by atoms with Gasteiger partial charge in [0.15, 0.2) is 0 Å². The maximum atomic E-state index is 12.6. The third kappa shape index (κ3) is 3.19. The van der Waals surface area contributed by atoms with Crippen molar-refractivity contribution in [2.75, 3.05) is 26.8 Å². The summed E-state index contributed by atoms with van der Waals surface area (Å²) in [5.74, 6) is 0. The van der Waals surface area contributed by atoms with Gasteiger partial charge in [-0.3, -0.25) is 0 Å². The first-order valence-electron chi connectivity index (χ1n) is 8.55. The zero-order valence-electron chi connectivity index (χ0n) is 13.4. The lowest BCUT2D eigenvalue weighted by molar-refractivity contribution is 0.00746. The highest BCUT2D eigenvalue weighted by Crippen LogP contribution is 2.32. The lowest BCUT2D eigenvalue weighted by atomic mass is 9.82. The van der Waals surface area contributed by atoms with E-state index in [1.807, 2.05) is 4.90 Å². The van der Waals surface area contributed by atoms with E-state index in [-0.39, 0.29) is 12.1 Å². The van der Waals surface area contributed by atoms with E-state index in [0.717, 1.165) is 25.8 Å². The summed E-state index contributed by atoms with van der Waals surface area (Å²) in [6.45, 7) is 4.20. The molecule has 3 heterocycles. The van der Waals surface area contributed by atoms with Crippen molar-refractivity contribution in [2.45, 2.75) is 69.6 Å². The number of hydrogen-bond donors (Lipinski definition) is 1. The summed E-state index contributed by atoms with van der Waals surface area (Å²) in [5.41, 5.74) is 0. The van der Waals surface area contributed by atoms with E-state index >= 15 is 0 Å². The fraction of sp³-hybridized carbons (Fsp3) is 0.938. The summed E-state index contributed by atoms with van der Waals surface area (Å²) in [6.07, 6.45) is 7.11. The molecule has 1 N–H and O–H groups in total. The van der Waals surface area contributed by atoms with Gasteiger partial charge < -0.3 is 19.9 Å². The third-order valence-corrected chi connectivity index (χ3v) is 5.63. The van der Waals surface area contributed by atoms with Crippen LogP contribution in [0, 0.1) is 0 Å². The normalized spacial score (nSPS) is 37.3. The topological polar surface area (TPSA) is 44.8 Å². The van der Waals surface area contributed by atoms with Gasteiger partial charge in [0.25, 0.3) is 0 Å². The van der Waals surface area contributed by atoms with Gasteiger partial charge in [0, 0.05) is 24.7 Å². The van der Waals surface area contributed by atoms with Crippen molar-refractivity contribution in [2.24, 2.45) is 0 Å². The summed E-state index contributed by atoms with van der Waals surface area (Å²) in [5, 5.41) is 3.31. The molecule has 3 aliphatic rings.